The normalized spacial score (nSPS) is 29.9. The molecular formula is C15H19F3N2O. The zero-order valence-corrected chi connectivity index (χ0v) is 12.2. The number of ether oxygens (including phenoxy) is 1. The van der Waals surface area contributed by atoms with E-state index in [0.717, 1.165) is 31.1 Å². The van der Waals surface area contributed by atoms with Crippen molar-refractivity contribution in [3.05, 3.63) is 29.1 Å². The summed E-state index contributed by atoms with van der Waals surface area (Å²) < 4.78 is 44.1. The molecule has 2 aliphatic rings. The number of likely N-dealkylation sites (tertiary alicyclic amines) is 1. The molecule has 3 atom stereocenters. The van der Waals surface area contributed by atoms with Crippen LogP contribution in [0.4, 0.5) is 13.2 Å². The highest BCUT2D eigenvalue weighted by Gasteiger charge is 2.41. The Balaban J connectivity index is 1.98. The lowest BCUT2D eigenvalue weighted by molar-refractivity contribution is -0.141. The molecule has 0 bridgehead atoms. The van der Waals surface area contributed by atoms with Crippen LogP contribution in [0.5, 0.6) is 0 Å². The molecule has 1 unspecified atom stereocenters. The van der Waals surface area contributed by atoms with Crippen molar-refractivity contribution >= 4 is 0 Å². The van der Waals surface area contributed by atoms with Crippen LogP contribution in [0.1, 0.15) is 43.3 Å². The SMILES string of the molecule is CCN1CC(C)C[C@@H]2OCc3nc(C(F)(F)F)ccc3[C@@H]21. The molecule has 116 valence electrons. The van der Waals surface area contributed by atoms with E-state index in [9.17, 15) is 13.2 Å². The molecule has 0 amide bonds. The van der Waals surface area contributed by atoms with Crippen LogP contribution in [-0.2, 0) is 17.5 Å². The van der Waals surface area contributed by atoms with E-state index in [2.05, 4.69) is 23.7 Å². The number of aromatic nitrogens is 1. The van der Waals surface area contributed by atoms with Crippen LogP contribution in [0.2, 0.25) is 0 Å². The molecule has 0 spiro atoms. The summed E-state index contributed by atoms with van der Waals surface area (Å²) in [5.41, 5.74) is 0.489. The predicted molar refractivity (Wildman–Crippen MR) is 71.6 cm³/mol. The molecule has 6 heteroatoms. The predicted octanol–water partition coefficient (Wildman–Crippen LogP) is 3.40. The molecule has 3 heterocycles. The van der Waals surface area contributed by atoms with Crippen molar-refractivity contribution in [2.45, 2.75) is 45.2 Å². The summed E-state index contributed by atoms with van der Waals surface area (Å²) in [5.74, 6) is 0.537. The molecule has 0 radical (unpaired) electrons. The average Bonchev–Trinajstić information content (AvgIpc) is 2.44. The van der Waals surface area contributed by atoms with Gasteiger partial charge in [0.15, 0.2) is 0 Å². The van der Waals surface area contributed by atoms with Gasteiger partial charge in [-0.15, -0.1) is 0 Å². The van der Waals surface area contributed by atoms with E-state index in [4.69, 9.17) is 4.74 Å². The number of hydrogen-bond acceptors (Lipinski definition) is 3. The van der Waals surface area contributed by atoms with Gasteiger partial charge >= 0.3 is 6.18 Å². The third-order valence-electron chi connectivity index (χ3n) is 4.39. The molecule has 0 aromatic carbocycles. The molecule has 0 N–H and O–H groups in total. The molecule has 2 aliphatic heterocycles. The second kappa shape index (κ2) is 5.25. The number of piperidine rings is 1. The van der Waals surface area contributed by atoms with Gasteiger partial charge in [0, 0.05) is 6.54 Å². The van der Waals surface area contributed by atoms with E-state index in [1.165, 1.54) is 0 Å². The lowest BCUT2D eigenvalue weighted by Gasteiger charge is -2.46. The average molecular weight is 300 g/mol. The number of halogens is 3. The van der Waals surface area contributed by atoms with Crippen molar-refractivity contribution in [2.24, 2.45) is 5.92 Å². The van der Waals surface area contributed by atoms with Gasteiger partial charge in [0.1, 0.15) is 5.69 Å². The number of nitrogens with zero attached hydrogens (tertiary/aromatic N) is 2. The molecule has 1 aromatic heterocycles. The van der Waals surface area contributed by atoms with E-state index < -0.39 is 11.9 Å². The van der Waals surface area contributed by atoms with Crippen LogP contribution in [0.15, 0.2) is 12.1 Å². The maximum atomic E-state index is 12.8. The van der Waals surface area contributed by atoms with Crippen molar-refractivity contribution < 1.29 is 17.9 Å². The Morgan fingerprint density at radius 3 is 2.81 bits per heavy atom. The zero-order valence-electron chi connectivity index (χ0n) is 12.2. The van der Waals surface area contributed by atoms with Crippen LogP contribution in [0.25, 0.3) is 0 Å². The van der Waals surface area contributed by atoms with Crippen molar-refractivity contribution in [1.29, 1.82) is 0 Å². The maximum absolute atomic E-state index is 12.8. The first kappa shape index (κ1) is 14.8. The van der Waals surface area contributed by atoms with Crippen molar-refractivity contribution in [3.63, 3.8) is 0 Å². The number of rotatable bonds is 1. The van der Waals surface area contributed by atoms with E-state index >= 15 is 0 Å². The fourth-order valence-electron chi connectivity index (χ4n) is 3.47. The zero-order chi connectivity index (χ0) is 15.2. The highest BCUT2D eigenvalue weighted by atomic mass is 19.4. The second-order valence-corrected chi connectivity index (χ2v) is 5.95. The van der Waals surface area contributed by atoms with E-state index in [0.29, 0.717) is 11.6 Å². The molecule has 0 saturated carbocycles. The van der Waals surface area contributed by atoms with Crippen LogP contribution in [0, 0.1) is 5.92 Å². The molecule has 1 aromatic rings. The van der Waals surface area contributed by atoms with Crippen molar-refractivity contribution in [3.8, 4) is 0 Å². The van der Waals surface area contributed by atoms with Crippen LogP contribution >= 0.6 is 0 Å². The van der Waals surface area contributed by atoms with Gasteiger partial charge in [-0.2, -0.15) is 13.2 Å². The molecule has 3 rings (SSSR count). The second-order valence-electron chi connectivity index (χ2n) is 5.95. The van der Waals surface area contributed by atoms with E-state index in [1.54, 1.807) is 6.07 Å². The van der Waals surface area contributed by atoms with Gasteiger partial charge < -0.3 is 4.74 Å². The first-order chi connectivity index (χ1) is 9.90. The third kappa shape index (κ3) is 2.66. The molecular weight excluding hydrogens is 281 g/mol. The van der Waals surface area contributed by atoms with Crippen LogP contribution < -0.4 is 0 Å². The maximum Gasteiger partial charge on any atom is 0.433 e. The van der Waals surface area contributed by atoms with Crippen LogP contribution in [0.3, 0.4) is 0 Å². The van der Waals surface area contributed by atoms with Gasteiger partial charge in [-0.05, 0) is 30.5 Å². The number of alkyl halides is 3. The minimum atomic E-state index is -4.41. The number of hydrogen-bond donors (Lipinski definition) is 0. The first-order valence-electron chi connectivity index (χ1n) is 7.32. The number of likely N-dealkylation sites (N-methyl/N-ethyl adjacent to an activating group) is 1. The fraction of sp³-hybridized carbons (Fsp3) is 0.667. The molecule has 3 nitrogen and oxygen atoms in total. The van der Waals surface area contributed by atoms with Gasteiger partial charge in [-0.3, -0.25) is 4.90 Å². The van der Waals surface area contributed by atoms with Gasteiger partial charge in [-0.25, -0.2) is 4.98 Å². The van der Waals surface area contributed by atoms with Gasteiger partial charge in [0.2, 0.25) is 0 Å². The highest BCUT2D eigenvalue weighted by molar-refractivity contribution is 5.30. The largest absolute Gasteiger partial charge is 0.433 e. The van der Waals surface area contributed by atoms with Crippen molar-refractivity contribution in [1.82, 2.24) is 9.88 Å². The Bertz CT molecular complexity index is 532. The Hall–Kier alpha value is -1.14. The molecule has 1 saturated heterocycles. The van der Waals surface area contributed by atoms with E-state index in [-0.39, 0.29) is 18.8 Å². The minimum Gasteiger partial charge on any atom is -0.370 e. The Labute approximate surface area is 122 Å². The molecule has 1 fully saturated rings. The summed E-state index contributed by atoms with van der Waals surface area (Å²) in [7, 11) is 0. The fourth-order valence-corrected chi connectivity index (χ4v) is 3.47. The van der Waals surface area contributed by atoms with Gasteiger partial charge in [0.05, 0.1) is 24.4 Å². The van der Waals surface area contributed by atoms with Crippen LogP contribution in [-0.4, -0.2) is 29.1 Å². The lowest BCUT2D eigenvalue weighted by Crippen LogP contribution is -2.48. The topological polar surface area (TPSA) is 25.4 Å². The first-order valence-corrected chi connectivity index (χ1v) is 7.32. The summed E-state index contributed by atoms with van der Waals surface area (Å²) in [4.78, 5) is 6.07. The molecule has 0 aliphatic carbocycles. The Morgan fingerprint density at radius 2 is 2.14 bits per heavy atom. The highest BCUT2D eigenvalue weighted by Crippen LogP contribution is 2.41. The summed E-state index contributed by atoms with van der Waals surface area (Å²) in [6.07, 6.45) is -3.40. The third-order valence-corrected chi connectivity index (χ3v) is 4.39. The number of fused-ring (bicyclic) bond motifs is 3. The lowest BCUT2D eigenvalue weighted by atomic mass is 9.85. The quantitative estimate of drug-likeness (QED) is 0.795. The standard InChI is InChI=1S/C15H19F3N2O/c1-3-20-7-9(2)6-12-14(20)10-4-5-13(15(16,17)18)19-11(10)8-21-12/h4-5,9,12,14H,3,6-8H2,1-2H3/t9?,12-,14-/m0/s1. The smallest absolute Gasteiger partial charge is 0.370 e. The summed E-state index contributed by atoms with van der Waals surface area (Å²) in [6.45, 7) is 6.23. The van der Waals surface area contributed by atoms with Gasteiger partial charge in [0.25, 0.3) is 0 Å². The summed E-state index contributed by atoms with van der Waals surface area (Å²) in [5, 5.41) is 0. The molecule has 21 heavy (non-hydrogen) atoms. The van der Waals surface area contributed by atoms with E-state index in [1.807, 2.05) is 0 Å². The monoisotopic (exact) mass is 300 g/mol. The summed E-state index contributed by atoms with van der Waals surface area (Å²) in [6, 6.07) is 2.71. The summed E-state index contributed by atoms with van der Waals surface area (Å²) >= 11 is 0. The minimum absolute atomic E-state index is 0.0322. The number of pyridine rings is 1. The Morgan fingerprint density at radius 1 is 1.38 bits per heavy atom. The van der Waals surface area contributed by atoms with Gasteiger partial charge in [-0.1, -0.05) is 19.9 Å². The van der Waals surface area contributed by atoms with Crippen molar-refractivity contribution in [2.75, 3.05) is 13.1 Å². The Kier molecular flexibility index (Phi) is 3.69.